The van der Waals surface area contributed by atoms with Gasteiger partial charge in [-0.1, -0.05) is 12.1 Å². The van der Waals surface area contributed by atoms with Crippen LogP contribution in [0.1, 0.15) is 31.2 Å². The number of rotatable bonds is 3. The van der Waals surface area contributed by atoms with Crippen LogP contribution in [0.15, 0.2) is 24.3 Å². The minimum Gasteiger partial charge on any atom is -0.481 e. The summed E-state index contributed by atoms with van der Waals surface area (Å²) in [7, 11) is 0. The predicted molar refractivity (Wildman–Crippen MR) is 75.6 cm³/mol. The van der Waals surface area contributed by atoms with E-state index >= 15 is 0 Å². The molecule has 6 atom stereocenters. The van der Waals surface area contributed by atoms with E-state index in [1.54, 1.807) is 12.1 Å². The van der Waals surface area contributed by atoms with Gasteiger partial charge in [-0.2, -0.15) is 0 Å². The second kappa shape index (κ2) is 3.61. The molecule has 1 spiro atoms. The van der Waals surface area contributed by atoms with E-state index in [4.69, 9.17) is 0 Å². The standard InChI is InChI=1S/C18H17FO3/c19-11-3-1-10(2-4-11)17(8-15(20)21)13-5-9-7-18(13)12(16(9)22)6-14(17)18/h1-4,9,12-14H,5-8H2,(H,20,21). The number of benzene rings is 1. The van der Waals surface area contributed by atoms with Gasteiger partial charge in [0, 0.05) is 17.3 Å². The Bertz CT molecular complexity index is 712. The largest absolute Gasteiger partial charge is 0.481 e. The number of carbonyl (C=O) groups excluding carboxylic acids is 1. The normalized spacial score (nSPS) is 46.9. The van der Waals surface area contributed by atoms with E-state index in [0.29, 0.717) is 5.78 Å². The molecule has 4 heteroatoms. The molecule has 0 radical (unpaired) electrons. The molecule has 4 aliphatic carbocycles. The van der Waals surface area contributed by atoms with E-state index in [1.165, 1.54) is 12.1 Å². The van der Waals surface area contributed by atoms with Gasteiger partial charge in [0.15, 0.2) is 0 Å². The maximum absolute atomic E-state index is 13.3. The fourth-order valence-corrected chi connectivity index (χ4v) is 6.85. The molecule has 6 unspecified atom stereocenters. The summed E-state index contributed by atoms with van der Waals surface area (Å²) < 4.78 is 13.3. The van der Waals surface area contributed by atoms with Crippen LogP contribution in [-0.2, 0) is 15.0 Å². The molecule has 4 fully saturated rings. The topological polar surface area (TPSA) is 54.4 Å². The first-order chi connectivity index (χ1) is 10.5. The summed E-state index contributed by atoms with van der Waals surface area (Å²) in [6, 6.07) is 6.37. The monoisotopic (exact) mass is 300 g/mol. The minimum absolute atomic E-state index is 0.0889. The first kappa shape index (κ1) is 12.8. The van der Waals surface area contributed by atoms with Gasteiger partial charge in [0.2, 0.25) is 0 Å². The number of carbonyl (C=O) groups is 2. The number of hydrogen-bond acceptors (Lipinski definition) is 2. The third kappa shape index (κ3) is 1.11. The van der Waals surface area contributed by atoms with E-state index in [1.807, 2.05) is 0 Å². The highest BCUT2D eigenvalue weighted by Crippen LogP contribution is 2.86. The van der Waals surface area contributed by atoms with E-state index in [2.05, 4.69) is 0 Å². The molecule has 0 heterocycles. The van der Waals surface area contributed by atoms with Crippen LogP contribution in [-0.4, -0.2) is 16.9 Å². The molecule has 1 aromatic carbocycles. The van der Waals surface area contributed by atoms with Gasteiger partial charge >= 0.3 is 5.97 Å². The van der Waals surface area contributed by atoms with Gasteiger partial charge in [0.05, 0.1) is 6.42 Å². The Labute approximate surface area is 127 Å². The Hall–Kier alpha value is -1.71. The zero-order valence-corrected chi connectivity index (χ0v) is 12.1. The molecule has 22 heavy (non-hydrogen) atoms. The smallest absolute Gasteiger partial charge is 0.304 e. The van der Waals surface area contributed by atoms with E-state index in [-0.39, 0.29) is 46.7 Å². The lowest BCUT2D eigenvalue weighted by molar-refractivity contribution is -0.244. The summed E-state index contributed by atoms with van der Waals surface area (Å²) >= 11 is 0. The molecule has 0 aromatic heterocycles. The zero-order chi connectivity index (χ0) is 15.3. The molecule has 0 saturated heterocycles. The molecule has 0 amide bonds. The molecule has 4 aliphatic rings. The van der Waals surface area contributed by atoms with Crippen molar-refractivity contribution in [2.75, 3.05) is 0 Å². The van der Waals surface area contributed by atoms with Crippen LogP contribution in [0.3, 0.4) is 0 Å². The van der Waals surface area contributed by atoms with Crippen molar-refractivity contribution in [2.24, 2.45) is 29.1 Å². The molecule has 4 saturated carbocycles. The Morgan fingerprint density at radius 1 is 1.23 bits per heavy atom. The van der Waals surface area contributed by atoms with E-state index in [9.17, 15) is 19.1 Å². The molecule has 3 nitrogen and oxygen atoms in total. The highest BCUT2D eigenvalue weighted by Gasteiger charge is 2.85. The van der Waals surface area contributed by atoms with Gasteiger partial charge < -0.3 is 5.11 Å². The molecular weight excluding hydrogens is 283 g/mol. The van der Waals surface area contributed by atoms with E-state index in [0.717, 1.165) is 24.8 Å². The molecule has 0 aliphatic heterocycles. The van der Waals surface area contributed by atoms with Gasteiger partial charge in [-0.05, 0) is 54.2 Å². The van der Waals surface area contributed by atoms with Crippen LogP contribution in [0.5, 0.6) is 0 Å². The minimum atomic E-state index is -0.795. The van der Waals surface area contributed by atoms with Crippen molar-refractivity contribution in [3.63, 3.8) is 0 Å². The average molecular weight is 300 g/mol. The Balaban J connectivity index is 1.63. The Morgan fingerprint density at radius 2 is 1.91 bits per heavy atom. The van der Waals surface area contributed by atoms with Gasteiger partial charge in [-0.3, -0.25) is 9.59 Å². The fourth-order valence-electron chi connectivity index (χ4n) is 6.85. The first-order valence-corrected chi connectivity index (χ1v) is 8.01. The summed E-state index contributed by atoms with van der Waals surface area (Å²) in [4.78, 5) is 23.8. The fraction of sp³-hybridized carbons (Fsp3) is 0.556. The number of carboxylic acid groups (broad SMARTS) is 1. The summed E-state index contributed by atoms with van der Waals surface area (Å²) in [6.07, 6.45) is 2.73. The van der Waals surface area contributed by atoms with Gasteiger partial charge in [-0.15, -0.1) is 0 Å². The van der Waals surface area contributed by atoms with Crippen LogP contribution in [0.25, 0.3) is 0 Å². The van der Waals surface area contributed by atoms with Crippen LogP contribution in [0.2, 0.25) is 0 Å². The van der Waals surface area contributed by atoms with E-state index < -0.39 is 5.97 Å². The second-order valence-corrected chi connectivity index (χ2v) is 7.66. The van der Waals surface area contributed by atoms with Crippen LogP contribution in [0.4, 0.5) is 4.39 Å². The van der Waals surface area contributed by atoms with Crippen molar-refractivity contribution >= 4 is 11.8 Å². The Morgan fingerprint density at radius 3 is 2.55 bits per heavy atom. The zero-order valence-electron chi connectivity index (χ0n) is 12.1. The molecule has 114 valence electrons. The van der Waals surface area contributed by atoms with Crippen molar-refractivity contribution in [3.8, 4) is 0 Å². The van der Waals surface area contributed by atoms with Crippen LogP contribution in [0, 0.1) is 34.9 Å². The number of aliphatic carboxylic acids is 1. The molecule has 1 N–H and O–H groups in total. The maximum Gasteiger partial charge on any atom is 0.304 e. The third-order valence-corrected chi connectivity index (χ3v) is 7.35. The summed E-state index contributed by atoms with van der Waals surface area (Å²) in [5.41, 5.74) is 0.659. The molecular formula is C18H17FO3. The van der Waals surface area contributed by atoms with Crippen molar-refractivity contribution in [1.29, 1.82) is 0 Å². The number of Topliss-reactive ketones (excluding diaryl/α,β-unsaturated/α-hetero) is 1. The first-order valence-electron chi connectivity index (χ1n) is 8.01. The SMILES string of the molecule is O=C(O)CC1(c2ccc(F)cc2)C2CC3CC24C(CC14)C3=O. The highest BCUT2D eigenvalue weighted by molar-refractivity contribution is 5.91. The highest BCUT2D eigenvalue weighted by atomic mass is 19.1. The van der Waals surface area contributed by atoms with Gasteiger partial charge in [0.25, 0.3) is 0 Å². The number of halogens is 1. The number of fused-ring (bicyclic) bond motifs is 1. The number of carboxylic acids is 1. The molecule has 2 bridgehead atoms. The lowest BCUT2D eigenvalue weighted by atomic mass is 9.26. The maximum atomic E-state index is 13.3. The van der Waals surface area contributed by atoms with Crippen molar-refractivity contribution in [2.45, 2.75) is 31.1 Å². The van der Waals surface area contributed by atoms with Crippen molar-refractivity contribution in [3.05, 3.63) is 35.6 Å². The second-order valence-electron chi connectivity index (χ2n) is 7.66. The summed E-state index contributed by atoms with van der Waals surface area (Å²) in [6.45, 7) is 0. The summed E-state index contributed by atoms with van der Waals surface area (Å²) in [5, 5.41) is 9.46. The lowest BCUT2D eigenvalue weighted by Crippen LogP contribution is -2.75. The van der Waals surface area contributed by atoms with Gasteiger partial charge in [0.1, 0.15) is 11.6 Å². The average Bonchev–Trinajstić information content (AvgIpc) is 2.95. The third-order valence-electron chi connectivity index (χ3n) is 7.35. The van der Waals surface area contributed by atoms with Crippen LogP contribution >= 0.6 is 0 Å². The molecule has 1 aromatic rings. The van der Waals surface area contributed by atoms with Crippen LogP contribution < -0.4 is 0 Å². The van der Waals surface area contributed by atoms with Crippen molar-refractivity contribution < 1.29 is 19.1 Å². The Kier molecular flexibility index (Phi) is 2.10. The lowest BCUT2D eigenvalue weighted by Gasteiger charge is -2.76. The quantitative estimate of drug-likeness (QED) is 0.934. The predicted octanol–water partition coefficient (Wildman–Crippen LogP) is 2.78. The van der Waals surface area contributed by atoms with Crippen molar-refractivity contribution in [1.82, 2.24) is 0 Å². The number of ketones is 1. The van der Waals surface area contributed by atoms with Gasteiger partial charge in [-0.25, -0.2) is 4.39 Å². The molecule has 5 rings (SSSR count). The number of hydrogen-bond donors (Lipinski definition) is 1. The summed E-state index contributed by atoms with van der Waals surface area (Å²) in [5.74, 6) is 0.242.